The van der Waals surface area contributed by atoms with Gasteiger partial charge in [0.25, 0.3) is 0 Å². The summed E-state index contributed by atoms with van der Waals surface area (Å²) in [6.07, 6.45) is 0. The standard InChI is InChI=1S/C16H12F2O2S/c17-13-5-1-11(2-6-13)15(19)9-21-10-16(20)12-3-7-14(18)8-4-12/h1-8H,9-10H2. The maximum atomic E-state index is 12.7. The van der Waals surface area contributed by atoms with E-state index in [1.54, 1.807) is 0 Å². The fourth-order valence-electron chi connectivity index (χ4n) is 1.67. The molecule has 0 heterocycles. The number of carbonyl (C=O) groups is 2. The molecule has 0 atom stereocenters. The van der Waals surface area contributed by atoms with E-state index < -0.39 is 11.6 Å². The van der Waals surface area contributed by atoms with Crippen LogP contribution < -0.4 is 0 Å². The number of carbonyl (C=O) groups excluding carboxylic acids is 2. The molecule has 21 heavy (non-hydrogen) atoms. The van der Waals surface area contributed by atoms with E-state index >= 15 is 0 Å². The molecule has 0 aliphatic carbocycles. The first-order chi connectivity index (χ1) is 10.1. The lowest BCUT2D eigenvalue weighted by Gasteiger charge is -2.02. The van der Waals surface area contributed by atoms with Gasteiger partial charge in [0.2, 0.25) is 0 Å². The number of Topliss-reactive ketones (excluding diaryl/α,β-unsaturated/α-hetero) is 2. The Bertz CT molecular complexity index is 579. The minimum Gasteiger partial charge on any atom is -0.293 e. The average Bonchev–Trinajstić information content (AvgIpc) is 2.48. The Kier molecular flexibility index (Phi) is 5.22. The summed E-state index contributed by atoms with van der Waals surface area (Å²) >= 11 is 1.18. The SMILES string of the molecule is O=C(CSCC(=O)c1ccc(F)cc1)c1ccc(F)cc1. The van der Waals surface area contributed by atoms with Gasteiger partial charge in [0.05, 0.1) is 11.5 Å². The van der Waals surface area contributed by atoms with Crippen molar-refractivity contribution in [2.75, 3.05) is 11.5 Å². The van der Waals surface area contributed by atoms with Crippen molar-refractivity contribution in [3.63, 3.8) is 0 Å². The third kappa shape index (κ3) is 4.49. The Morgan fingerprint density at radius 1 is 0.714 bits per heavy atom. The molecule has 0 fully saturated rings. The molecule has 2 nitrogen and oxygen atoms in total. The van der Waals surface area contributed by atoms with E-state index in [9.17, 15) is 18.4 Å². The number of halogens is 2. The first kappa shape index (κ1) is 15.4. The highest BCUT2D eigenvalue weighted by molar-refractivity contribution is 8.00. The quantitative estimate of drug-likeness (QED) is 0.762. The molecular weight excluding hydrogens is 294 g/mol. The molecule has 2 rings (SSSR count). The van der Waals surface area contributed by atoms with Crippen molar-refractivity contribution < 1.29 is 18.4 Å². The van der Waals surface area contributed by atoms with Gasteiger partial charge >= 0.3 is 0 Å². The van der Waals surface area contributed by atoms with Gasteiger partial charge in [-0.3, -0.25) is 9.59 Å². The summed E-state index contributed by atoms with van der Waals surface area (Å²) in [7, 11) is 0. The van der Waals surface area contributed by atoms with Crippen LogP contribution in [0.2, 0.25) is 0 Å². The van der Waals surface area contributed by atoms with Gasteiger partial charge in [-0.15, -0.1) is 11.8 Å². The van der Waals surface area contributed by atoms with Crippen molar-refractivity contribution in [1.82, 2.24) is 0 Å². The molecule has 0 aliphatic heterocycles. The maximum Gasteiger partial charge on any atom is 0.172 e. The van der Waals surface area contributed by atoms with Gasteiger partial charge in [0.15, 0.2) is 11.6 Å². The first-order valence-electron chi connectivity index (χ1n) is 6.21. The zero-order valence-corrected chi connectivity index (χ0v) is 11.8. The van der Waals surface area contributed by atoms with Crippen LogP contribution in [0.25, 0.3) is 0 Å². The second kappa shape index (κ2) is 7.13. The van der Waals surface area contributed by atoms with Crippen molar-refractivity contribution >= 4 is 23.3 Å². The molecule has 2 aromatic carbocycles. The third-order valence-electron chi connectivity index (χ3n) is 2.80. The molecule has 108 valence electrons. The normalized spacial score (nSPS) is 10.4. The summed E-state index contributed by atoms with van der Waals surface area (Å²) < 4.78 is 25.5. The third-order valence-corrected chi connectivity index (χ3v) is 3.73. The number of benzene rings is 2. The van der Waals surface area contributed by atoms with E-state index in [0.717, 1.165) is 0 Å². The molecule has 5 heteroatoms. The van der Waals surface area contributed by atoms with Crippen LogP contribution in [-0.4, -0.2) is 23.1 Å². The average molecular weight is 306 g/mol. The Hall–Kier alpha value is -2.01. The Morgan fingerprint density at radius 2 is 1.05 bits per heavy atom. The van der Waals surface area contributed by atoms with Crippen LogP contribution in [-0.2, 0) is 0 Å². The maximum absolute atomic E-state index is 12.7. The lowest BCUT2D eigenvalue weighted by molar-refractivity contribution is 0.102. The summed E-state index contributed by atoms with van der Waals surface area (Å²) in [5.74, 6) is -0.841. The minimum atomic E-state index is -0.398. The van der Waals surface area contributed by atoms with Crippen LogP contribution in [0, 0.1) is 11.6 Å². The fourth-order valence-corrected chi connectivity index (χ4v) is 2.48. The number of ketones is 2. The van der Waals surface area contributed by atoms with Crippen LogP contribution in [0.15, 0.2) is 48.5 Å². The molecule has 0 unspecified atom stereocenters. The predicted octanol–water partition coefficient (Wildman–Crippen LogP) is 3.76. The highest BCUT2D eigenvalue weighted by Gasteiger charge is 2.10. The Labute approximate surface area is 125 Å². The second-order valence-corrected chi connectivity index (χ2v) is 5.34. The molecule has 0 saturated carbocycles. The van der Waals surface area contributed by atoms with Crippen molar-refractivity contribution in [3.05, 3.63) is 71.3 Å². The van der Waals surface area contributed by atoms with Gasteiger partial charge in [0, 0.05) is 11.1 Å². The summed E-state index contributed by atoms with van der Waals surface area (Å²) in [6, 6.07) is 10.6. The molecular formula is C16H12F2O2S. The van der Waals surface area contributed by atoms with Gasteiger partial charge in [0.1, 0.15) is 11.6 Å². The predicted molar refractivity (Wildman–Crippen MR) is 78.8 cm³/mol. The molecule has 0 bridgehead atoms. The smallest absolute Gasteiger partial charge is 0.172 e. The zero-order chi connectivity index (χ0) is 15.2. The molecule has 0 amide bonds. The van der Waals surface area contributed by atoms with Gasteiger partial charge in [-0.2, -0.15) is 0 Å². The van der Waals surface area contributed by atoms with Crippen LogP contribution in [0.4, 0.5) is 8.78 Å². The number of thioether (sulfide) groups is 1. The lowest BCUT2D eigenvalue weighted by atomic mass is 10.1. The van der Waals surface area contributed by atoms with Gasteiger partial charge in [-0.1, -0.05) is 0 Å². The number of hydrogen-bond donors (Lipinski definition) is 0. The van der Waals surface area contributed by atoms with Gasteiger partial charge in [-0.25, -0.2) is 8.78 Å². The monoisotopic (exact) mass is 306 g/mol. The van der Waals surface area contributed by atoms with Crippen molar-refractivity contribution in [2.24, 2.45) is 0 Å². The molecule has 0 radical (unpaired) electrons. The lowest BCUT2D eigenvalue weighted by Crippen LogP contribution is -2.07. The van der Waals surface area contributed by atoms with E-state index in [1.165, 1.54) is 60.3 Å². The van der Waals surface area contributed by atoms with Crippen molar-refractivity contribution in [3.8, 4) is 0 Å². The van der Waals surface area contributed by atoms with Crippen LogP contribution in [0.5, 0.6) is 0 Å². The van der Waals surface area contributed by atoms with Gasteiger partial charge in [-0.05, 0) is 48.5 Å². The van der Waals surface area contributed by atoms with E-state index in [1.807, 2.05) is 0 Å². The Morgan fingerprint density at radius 3 is 1.38 bits per heavy atom. The van der Waals surface area contributed by atoms with Crippen LogP contribution in [0.3, 0.4) is 0 Å². The zero-order valence-electron chi connectivity index (χ0n) is 11.0. The second-order valence-electron chi connectivity index (χ2n) is 4.35. The first-order valence-corrected chi connectivity index (χ1v) is 7.37. The van der Waals surface area contributed by atoms with E-state index in [0.29, 0.717) is 11.1 Å². The largest absolute Gasteiger partial charge is 0.293 e. The molecule has 0 saturated heterocycles. The van der Waals surface area contributed by atoms with Crippen LogP contribution >= 0.6 is 11.8 Å². The summed E-state index contributed by atoms with van der Waals surface area (Å²) in [5.41, 5.74) is 0.830. The minimum absolute atomic E-state index is 0.137. The highest BCUT2D eigenvalue weighted by atomic mass is 32.2. The topological polar surface area (TPSA) is 34.1 Å². The summed E-state index contributed by atoms with van der Waals surface area (Å²) in [4.78, 5) is 23.6. The van der Waals surface area contributed by atoms with E-state index in [-0.39, 0.29) is 23.1 Å². The molecule has 0 spiro atoms. The van der Waals surface area contributed by atoms with Gasteiger partial charge < -0.3 is 0 Å². The molecule has 0 aromatic heterocycles. The Balaban J connectivity index is 1.83. The number of rotatable bonds is 6. The van der Waals surface area contributed by atoms with E-state index in [2.05, 4.69) is 0 Å². The summed E-state index contributed by atoms with van der Waals surface area (Å²) in [6.45, 7) is 0. The van der Waals surface area contributed by atoms with E-state index in [4.69, 9.17) is 0 Å². The molecule has 2 aromatic rings. The summed E-state index contributed by atoms with van der Waals surface area (Å²) in [5, 5.41) is 0. The molecule has 0 N–H and O–H groups in total. The number of hydrogen-bond acceptors (Lipinski definition) is 3. The fraction of sp³-hybridized carbons (Fsp3) is 0.125. The van der Waals surface area contributed by atoms with Crippen molar-refractivity contribution in [2.45, 2.75) is 0 Å². The highest BCUT2D eigenvalue weighted by Crippen LogP contribution is 2.12. The molecule has 0 aliphatic rings. The van der Waals surface area contributed by atoms with Crippen LogP contribution in [0.1, 0.15) is 20.7 Å². The van der Waals surface area contributed by atoms with Crippen molar-refractivity contribution in [1.29, 1.82) is 0 Å².